The highest BCUT2D eigenvalue weighted by atomic mass is 16.5. The third kappa shape index (κ3) is 4.72. The van der Waals surface area contributed by atoms with Crippen LogP contribution in [0.15, 0.2) is 36.7 Å². The number of amides is 1. The second-order valence-electron chi connectivity index (χ2n) is 6.71. The van der Waals surface area contributed by atoms with Crippen molar-refractivity contribution in [1.82, 2.24) is 20.6 Å². The van der Waals surface area contributed by atoms with Crippen LogP contribution in [-0.4, -0.2) is 54.3 Å². The highest BCUT2D eigenvalue weighted by Gasteiger charge is 2.18. The number of nitrogens with zero attached hydrogens (tertiary/aromatic N) is 2. The molecule has 2 saturated heterocycles. The van der Waals surface area contributed by atoms with Crippen LogP contribution in [0.3, 0.4) is 0 Å². The van der Waals surface area contributed by atoms with Crippen molar-refractivity contribution >= 4 is 17.5 Å². The highest BCUT2D eigenvalue weighted by Crippen LogP contribution is 2.21. The molecule has 1 aromatic carbocycles. The van der Waals surface area contributed by atoms with E-state index in [0.29, 0.717) is 18.1 Å². The molecule has 2 aliphatic rings. The van der Waals surface area contributed by atoms with Gasteiger partial charge in [-0.1, -0.05) is 0 Å². The van der Waals surface area contributed by atoms with Crippen LogP contribution in [0, 0.1) is 0 Å². The van der Waals surface area contributed by atoms with Crippen molar-refractivity contribution in [1.29, 1.82) is 0 Å². The first-order chi connectivity index (χ1) is 13.3. The Hall–Kier alpha value is -2.71. The summed E-state index contributed by atoms with van der Waals surface area (Å²) >= 11 is 0. The number of benzene rings is 1. The van der Waals surface area contributed by atoms with Gasteiger partial charge in [-0.05, 0) is 37.2 Å². The molecule has 2 fully saturated rings. The maximum Gasteiger partial charge on any atom is 0.254 e. The van der Waals surface area contributed by atoms with Gasteiger partial charge in [0.05, 0.1) is 18.8 Å². The Bertz CT molecular complexity index is 754. The van der Waals surface area contributed by atoms with E-state index < -0.39 is 0 Å². The van der Waals surface area contributed by atoms with Gasteiger partial charge < -0.3 is 25.4 Å². The Morgan fingerprint density at radius 3 is 2.67 bits per heavy atom. The van der Waals surface area contributed by atoms with E-state index in [1.165, 1.54) is 12.4 Å². The normalized spacial score (nSPS) is 21.8. The predicted molar refractivity (Wildman–Crippen MR) is 100 cm³/mol. The molecular weight excluding hydrogens is 346 g/mol. The molecule has 8 heteroatoms. The topological polar surface area (TPSA) is 97.4 Å². The lowest BCUT2D eigenvalue weighted by molar-refractivity contribution is 0.0939. The van der Waals surface area contributed by atoms with Crippen LogP contribution in [0.5, 0.6) is 5.75 Å². The summed E-state index contributed by atoms with van der Waals surface area (Å²) in [6, 6.07) is 7.78. The van der Waals surface area contributed by atoms with Gasteiger partial charge >= 0.3 is 0 Å². The van der Waals surface area contributed by atoms with E-state index >= 15 is 0 Å². The number of aromatic nitrogens is 2. The molecule has 3 N–H and O–H groups in total. The summed E-state index contributed by atoms with van der Waals surface area (Å²) in [7, 11) is 0. The van der Waals surface area contributed by atoms with Crippen LogP contribution in [0.25, 0.3) is 0 Å². The van der Waals surface area contributed by atoms with Gasteiger partial charge in [0.25, 0.3) is 5.91 Å². The van der Waals surface area contributed by atoms with Gasteiger partial charge in [0.1, 0.15) is 11.9 Å². The monoisotopic (exact) mass is 369 g/mol. The SMILES string of the molecule is O=C(NC1CCNC1)c1cnc(Nc2ccc(OC3CCOC3)cc2)nc1. The summed E-state index contributed by atoms with van der Waals surface area (Å²) in [5, 5.41) is 9.31. The molecule has 0 saturated carbocycles. The third-order valence-corrected chi connectivity index (χ3v) is 4.61. The van der Waals surface area contributed by atoms with E-state index in [4.69, 9.17) is 9.47 Å². The maximum absolute atomic E-state index is 12.2. The summed E-state index contributed by atoms with van der Waals surface area (Å²) in [4.78, 5) is 20.6. The molecule has 3 heterocycles. The Balaban J connectivity index is 1.31. The number of rotatable bonds is 6. The minimum atomic E-state index is -0.146. The minimum Gasteiger partial charge on any atom is -0.488 e. The molecule has 2 aromatic rings. The average Bonchev–Trinajstić information content (AvgIpc) is 3.38. The zero-order valence-corrected chi connectivity index (χ0v) is 15.0. The van der Waals surface area contributed by atoms with Crippen molar-refractivity contribution < 1.29 is 14.3 Å². The van der Waals surface area contributed by atoms with Gasteiger partial charge in [-0.25, -0.2) is 9.97 Å². The average molecular weight is 369 g/mol. The Kier molecular flexibility index (Phi) is 5.45. The quantitative estimate of drug-likeness (QED) is 0.709. The number of hydrogen-bond donors (Lipinski definition) is 3. The lowest BCUT2D eigenvalue weighted by Crippen LogP contribution is -2.36. The standard InChI is InChI=1S/C19H23N5O3/c25-18(23-15-5-7-20-11-15)13-9-21-19(22-10-13)24-14-1-3-16(4-2-14)27-17-6-8-26-12-17/h1-4,9-10,15,17,20H,5-8,11-12H2,(H,23,25)(H,21,22,24). The molecule has 8 nitrogen and oxygen atoms in total. The fourth-order valence-electron chi connectivity index (χ4n) is 3.10. The Morgan fingerprint density at radius 1 is 1.19 bits per heavy atom. The second-order valence-corrected chi connectivity index (χ2v) is 6.71. The zero-order chi connectivity index (χ0) is 18.5. The van der Waals surface area contributed by atoms with E-state index in [1.807, 2.05) is 24.3 Å². The molecule has 0 spiro atoms. The van der Waals surface area contributed by atoms with Crippen molar-refractivity contribution in [2.24, 2.45) is 0 Å². The van der Waals surface area contributed by atoms with Crippen molar-refractivity contribution in [3.05, 3.63) is 42.2 Å². The van der Waals surface area contributed by atoms with E-state index in [9.17, 15) is 4.79 Å². The summed E-state index contributed by atoms with van der Waals surface area (Å²) < 4.78 is 11.2. The van der Waals surface area contributed by atoms with Gasteiger partial charge in [-0.3, -0.25) is 4.79 Å². The largest absolute Gasteiger partial charge is 0.488 e. The van der Waals surface area contributed by atoms with Gasteiger partial charge in [-0.2, -0.15) is 0 Å². The van der Waals surface area contributed by atoms with Crippen LogP contribution in [-0.2, 0) is 4.74 Å². The molecule has 2 atom stereocenters. The minimum absolute atomic E-state index is 0.130. The number of hydrogen-bond acceptors (Lipinski definition) is 7. The lowest BCUT2D eigenvalue weighted by Gasteiger charge is -2.12. The van der Waals surface area contributed by atoms with Crippen molar-refractivity contribution in [2.45, 2.75) is 25.0 Å². The summed E-state index contributed by atoms with van der Waals surface area (Å²) in [6.45, 7) is 3.14. The molecule has 1 amide bonds. The third-order valence-electron chi connectivity index (χ3n) is 4.61. The first-order valence-electron chi connectivity index (χ1n) is 9.21. The van der Waals surface area contributed by atoms with Gasteiger partial charge in [0.15, 0.2) is 0 Å². The molecule has 0 bridgehead atoms. The number of ether oxygens (including phenoxy) is 2. The molecule has 27 heavy (non-hydrogen) atoms. The van der Waals surface area contributed by atoms with E-state index in [0.717, 1.165) is 44.0 Å². The number of nitrogens with one attached hydrogen (secondary N) is 3. The van der Waals surface area contributed by atoms with Crippen LogP contribution in [0.1, 0.15) is 23.2 Å². The summed E-state index contributed by atoms with van der Waals surface area (Å²) in [5.41, 5.74) is 1.30. The fraction of sp³-hybridized carbons (Fsp3) is 0.421. The first-order valence-corrected chi connectivity index (χ1v) is 9.21. The molecular formula is C19H23N5O3. The van der Waals surface area contributed by atoms with Gasteiger partial charge in [-0.15, -0.1) is 0 Å². The molecule has 0 aliphatic carbocycles. The van der Waals surface area contributed by atoms with Gasteiger partial charge in [0, 0.05) is 37.1 Å². The molecule has 2 aliphatic heterocycles. The van der Waals surface area contributed by atoms with Crippen LogP contribution in [0.2, 0.25) is 0 Å². The smallest absolute Gasteiger partial charge is 0.254 e. The van der Waals surface area contributed by atoms with Crippen LogP contribution in [0.4, 0.5) is 11.6 Å². The fourth-order valence-corrected chi connectivity index (χ4v) is 3.10. The predicted octanol–water partition coefficient (Wildman–Crippen LogP) is 1.48. The van der Waals surface area contributed by atoms with E-state index in [2.05, 4.69) is 25.9 Å². The van der Waals surface area contributed by atoms with E-state index in [-0.39, 0.29) is 18.1 Å². The number of carbonyl (C=O) groups excluding carboxylic acids is 1. The molecule has 0 radical (unpaired) electrons. The van der Waals surface area contributed by atoms with Crippen molar-refractivity contribution in [2.75, 3.05) is 31.6 Å². The van der Waals surface area contributed by atoms with E-state index in [1.54, 1.807) is 0 Å². The van der Waals surface area contributed by atoms with Crippen molar-refractivity contribution in [3.63, 3.8) is 0 Å². The molecule has 1 aromatic heterocycles. The first kappa shape index (κ1) is 17.7. The number of carbonyl (C=O) groups is 1. The highest BCUT2D eigenvalue weighted by molar-refractivity contribution is 5.93. The lowest BCUT2D eigenvalue weighted by atomic mass is 10.2. The second kappa shape index (κ2) is 8.32. The van der Waals surface area contributed by atoms with Crippen molar-refractivity contribution in [3.8, 4) is 5.75 Å². The van der Waals surface area contributed by atoms with Gasteiger partial charge in [0.2, 0.25) is 5.95 Å². The Morgan fingerprint density at radius 2 is 2.00 bits per heavy atom. The summed E-state index contributed by atoms with van der Waals surface area (Å²) in [6.07, 6.45) is 5.06. The number of anilines is 2. The Labute approximate surface area is 157 Å². The maximum atomic E-state index is 12.2. The molecule has 142 valence electrons. The molecule has 2 unspecified atom stereocenters. The van der Waals surface area contributed by atoms with Crippen LogP contribution < -0.4 is 20.7 Å². The molecule has 4 rings (SSSR count). The zero-order valence-electron chi connectivity index (χ0n) is 15.0. The summed E-state index contributed by atoms with van der Waals surface area (Å²) in [5.74, 6) is 1.10. The van der Waals surface area contributed by atoms with Crippen LogP contribution >= 0.6 is 0 Å².